The molecule has 0 aromatic carbocycles. The van der Waals surface area contributed by atoms with Gasteiger partial charge in [-0.15, -0.1) is 0 Å². The Labute approximate surface area is 170 Å². The number of carbonyl (C=O) groups is 4. The molecule has 2 atom stereocenters. The average molecular weight is 419 g/mol. The Morgan fingerprint density at radius 3 is 2.22 bits per heavy atom. The highest BCUT2D eigenvalue weighted by Gasteiger charge is 2.29. The first-order valence-electron chi connectivity index (χ1n) is 9.30. The summed E-state index contributed by atoms with van der Waals surface area (Å²) < 4.78 is 9.45. The maximum Gasteiger partial charge on any atom is 0.370 e. The van der Waals surface area contributed by atoms with E-state index in [-0.39, 0.29) is 35.6 Å². The molecule has 1 rings (SSSR count). The fraction of sp³-hybridized carbons (Fsp3) is 0.789. The lowest BCUT2D eigenvalue weighted by Crippen LogP contribution is -2.30. The lowest BCUT2D eigenvalue weighted by atomic mass is 9.89. The Morgan fingerprint density at radius 2 is 1.70 bits per heavy atom. The van der Waals surface area contributed by atoms with Crippen molar-refractivity contribution in [2.24, 2.45) is 11.8 Å². The molecule has 0 aromatic heterocycles. The van der Waals surface area contributed by atoms with Gasteiger partial charge < -0.3 is 9.47 Å². The van der Waals surface area contributed by atoms with Crippen LogP contribution in [-0.4, -0.2) is 39.6 Å². The Hall–Kier alpha value is -1.02. The molecule has 0 aliphatic heterocycles. The van der Waals surface area contributed by atoms with Crippen molar-refractivity contribution in [2.45, 2.75) is 77.3 Å². The molecule has 1 aliphatic carbocycles. The fourth-order valence-corrected chi connectivity index (χ4v) is 3.74. The predicted molar refractivity (Wildman–Crippen MR) is 108 cm³/mol. The van der Waals surface area contributed by atoms with Crippen LogP contribution in [-0.2, 0) is 23.9 Å². The maximum absolute atomic E-state index is 12.1. The zero-order valence-electron chi connectivity index (χ0n) is 16.5. The number of thiol groups is 1. The van der Waals surface area contributed by atoms with E-state index >= 15 is 0 Å². The van der Waals surface area contributed by atoms with Crippen LogP contribution in [0.1, 0.15) is 66.2 Å². The van der Waals surface area contributed by atoms with E-state index in [9.17, 15) is 19.2 Å². The topological polar surface area (TPSA) is 86.7 Å². The summed E-state index contributed by atoms with van der Waals surface area (Å²) in [5, 5.41) is -0.636. The number of rotatable bonds is 9. The van der Waals surface area contributed by atoms with Crippen LogP contribution in [0.4, 0.5) is 4.79 Å². The summed E-state index contributed by atoms with van der Waals surface area (Å²) in [4.78, 5) is 47.8. The van der Waals surface area contributed by atoms with E-state index in [4.69, 9.17) is 9.47 Å². The molecular weight excluding hydrogens is 388 g/mol. The minimum Gasteiger partial charge on any atom is -0.425 e. The molecular formula is C19H30O6S2. The van der Waals surface area contributed by atoms with Gasteiger partial charge in [-0.3, -0.25) is 14.4 Å². The molecule has 0 bridgehead atoms. The van der Waals surface area contributed by atoms with Crippen molar-refractivity contribution in [3.8, 4) is 0 Å². The Morgan fingerprint density at radius 1 is 1.11 bits per heavy atom. The van der Waals surface area contributed by atoms with Crippen LogP contribution in [0.2, 0.25) is 0 Å². The molecule has 0 aromatic rings. The first-order valence-corrected chi connectivity index (χ1v) is 10.7. The first kappa shape index (κ1) is 24.0. The highest BCUT2D eigenvalue weighted by Crippen LogP contribution is 2.26. The summed E-state index contributed by atoms with van der Waals surface area (Å²) in [6.45, 7) is 6.22. The second kappa shape index (κ2) is 11.1. The molecule has 6 nitrogen and oxygen atoms in total. The Bertz CT molecular complexity index is 549. The summed E-state index contributed by atoms with van der Waals surface area (Å²) in [5.41, 5.74) is 0. The van der Waals surface area contributed by atoms with E-state index in [1.807, 2.05) is 0 Å². The van der Waals surface area contributed by atoms with Crippen LogP contribution in [0.3, 0.4) is 0 Å². The van der Waals surface area contributed by atoms with Gasteiger partial charge in [0.1, 0.15) is 11.6 Å². The van der Waals surface area contributed by atoms with Gasteiger partial charge in [-0.2, -0.15) is 12.6 Å². The van der Waals surface area contributed by atoms with E-state index in [1.165, 1.54) is 13.8 Å². The molecule has 0 radical (unpaired) electrons. The quantitative estimate of drug-likeness (QED) is 0.341. The van der Waals surface area contributed by atoms with Crippen LogP contribution in [0.15, 0.2) is 0 Å². The van der Waals surface area contributed by atoms with Gasteiger partial charge in [0.05, 0.1) is 10.7 Å². The number of esters is 1. The van der Waals surface area contributed by atoms with Gasteiger partial charge in [-0.05, 0) is 45.4 Å². The molecule has 0 unspecified atom stereocenters. The number of Topliss-reactive ketones (excluding diaryl/α,β-unsaturated/α-hetero) is 2. The third kappa shape index (κ3) is 9.14. The predicted octanol–water partition coefficient (Wildman–Crippen LogP) is 4.20. The van der Waals surface area contributed by atoms with E-state index in [2.05, 4.69) is 12.6 Å². The molecule has 1 fully saturated rings. The molecule has 27 heavy (non-hydrogen) atoms. The molecule has 0 heterocycles. The number of thioether (sulfide) groups is 1. The van der Waals surface area contributed by atoms with Crippen molar-refractivity contribution >= 4 is 47.2 Å². The van der Waals surface area contributed by atoms with E-state index in [0.717, 1.165) is 43.9 Å². The largest absolute Gasteiger partial charge is 0.425 e. The number of carbonyl (C=O) groups excluding carboxylic acids is 4. The van der Waals surface area contributed by atoms with Crippen LogP contribution >= 0.6 is 24.4 Å². The lowest BCUT2D eigenvalue weighted by molar-refractivity contribution is -0.169. The molecule has 8 heteroatoms. The summed E-state index contributed by atoms with van der Waals surface area (Å²) in [5.74, 6) is -1.23. The van der Waals surface area contributed by atoms with Gasteiger partial charge in [-0.1, -0.05) is 19.3 Å². The number of hydrogen-bond acceptors (Lipinski definition) is 8. The average Bonchev–Trinajstić information content (AvgIpc) is 2.57. The summed E-state index contributed by atoms with van der Waals surface area (Å²) >= 11 is 5.02. The summed E-state index contributed by atoms with van der Waals surface area (Å²) in [6, 6.07) is 0. The molecule has 154 valence electrons. The highest BCUT2D eigenvalue weighted by molar-refractivity contribution is 8.13. The normalized spacial score (nSPS) is 17.7. The highest BCUT2D eigenvalue weighted by atomic mass is 32.2. The molecule has 0 spiro atoms. The SMILES string of the molecule is CC(=O)[C@H](CSC(=O)O[C@@H](C)OC(=O)C1CCCCC1)CC(=O)C(C)(C)S. The van der Waals surface area contributed by atoms with E-state index < -0.39 is 22.3 Å². The van der Waals surface area contributed by atoms with Crippen molar-refractivity contribution < 1.29 is 28.7 Å². The van der Waals surface area contributed by atoms with Crippen molar-refractivity contribution in [3.05, 3.63) is 0 Å². The second-order valence-corrected chi connectivity index (χ2v) is 9.59. The minimum absolute atomic E-state index is 0.0261. The maximum atomic E-state index is 12.1. The minimum atomic E-state index is -0.979. The smallest absolute Gasteiger partial charge is 0.370 e. The molecule has 1 aliphatic rings. The monoisotopic (exact) mass is 418 g/mol. The zero-order chi connectivity index (χ0) is 20.6. The molecule has 0 N–H and O–H groups in total. The number of ether oxygens (including phenoxy) is 2. The third-order valence-corrected chi connectivity index (χ3v) is 5.72. The standard InChI is InChI=1S/C19H30O6S2/c1-12(20)15(10-16(21)19(3,4)26)11-27-18(23)25-13(2)24-17(22)14-8-6-5-7-9-14/h13-15,26H,5-11H2,1-4H3/t13-,15-/m0/s1. The van der Waals surface area contributed by atoms with Crippen LogP contribution in [0.25, 0.3) is 0 Å². The lowest BCUT2D eigenvalue weighted by Gasteiger charge is -2.22. The Balaban J connectivity index is 2.41. The third-order valence-electron chi connectivity index (χ3n) is 4.57. The van der Waals surface area contributed by atoms with Gasteiger partial charge in [0, 0.05) is 25.0 Å². The number of hydrogen-bond donors (Lipinski definition) is 1. The number of ketones is 2. The van der Waals surface area contributed by atoms with E-state index in [0.29, 0.717) is 0 Å². The van der Waals surface area contributed by atoms with Gasteiger partial charge >= 0.3 is 11.3 Å². The fourth-order valence-electron chi connectivity index (χ4n) is 2.75. The van der Waals surface area contributed by atoms with Crippen molar-refractivity contribution in [3.63, 3.8) is 0 Å². The van der Waals surface area contributed by atoms with Crippen molar-refractivity contribution in [2.75, 3.05) is 5.75 Å². The molecule has 1 saturated carbocycles. The summed E-state index contributed by atoms with van der Waals surface area (Å²) in [6.07, 6.45) is 3.82. The first-order chi connectivity index (χ1) is 12.5. The van der Waals surface area contributed by atoms with Gasteiger partial charge in [0.2, 0.25) is 6.29 Å². The molecule has 0 saturated heterocycles. The van der Waals surface area contributed by atoms with Crippen molar-refractivity contribution in [1.82, 2.24) is 0 Å². The van der Waals surface area contributed by atoms with Gasteiger partial charge in [0.25, 0.3) is 0 Å². The van der Waals surface area contributed by atoms with E-state index in [1.54, 1.807) is 13.8 Å². The Kier molecular flexibility index (Phi) is 9.87. The summed E-state index contributed by atoms with van der Waals surface area (Å²) in [7, 11) is 0. The van der Waals surface area contributed by atoms with Gasteiger partial charge in [-0.25, -0.2) is 4.79 Å². The second-order valence-electron chi connectivity index (χ2n) is 7.51. The van der Waals surface area contributed by atoms with Crippen molar-refractivity contribution in [1.29, 1.82) is 0 Å². The van der Waals surface area contributed by atoms with Gasteiger partial charge in [0.15, 0.2) is 0 Å². The van der Waals surface area contributed by atoms with Crippen LogP contribution in [0, 0.1) is 11.8 Å². The zero-order valence-corrected chi connectivity index (χ0v) is 18.2. The van der Waals surface area contributed by atoms with Crippen LogP contribution in [0.5, 0.6) is 0 Å². The molecule has 0 amide bonds. The van der Waals surface area contributed by atoms with Crippen LogP contribution < -0.4 is 0 Å².